The van der Waals surface area contributed by atoms with Crippen LogP contribution in [0.1, 0.15) is 10.4 Å². The molecule has 0 N–H and O–H groups in total. The van der Waals surface area contributed by atoms with Crippen molar-refractivity contribution < 1.29 is 4.74 Å². The molecular weight excluding hydrogens is 206 g/mol. The average molecular weight is 219 g/mol. The van der Waals surface area contributed by atoms with Crippen LogP contribution in [0.4, 0.5) is 0 Å². The monoisotopic (exact) mass is 219 g/mol. The molecule has 2 aromatic rings. The first-order valence-electron chi connectivity index (χ1n) is 4.79. The minimum Gasteiger partial charge on any atom is -0.473 e. The Morgan fingerprint density at radius 1 is 1.13 bits per heavy atom. The van der Waals surface area contributed by atoms with Crippen LogP contribution in [0.25, 0.3) is 11.3 Å². The highest BCUT2D eigenvalue weighted by molar-refractivity contribution is 7.13. The zero-order valence-electron chi connectivity index (χ0n) is 9.07. The van der Waals surface area contributed by atoms with Crippen molar-refractivity contribution in [2.45, 2.75) is 13.8 Å². The molecule has 1 aromatic carbocycles. The van der Waals surface area contributed by atoms with E-state index >= 15 is 0 Å². The lowest BCUT2D eigenvalue weighted by molar-refractivity contribution is 0.412. The van der Waals surface area contributed by atoms with E-state index in [0.29, 0.717) is 0 Å². The third-order valence-corrected chi connectivity index (χ3v) is 3.21. The molecule has 0 aliphatic carbocycles. The first kappa shape index (κ1) is 10.2. The lowest BCUT2D eigenvalue weighted by atomic mass is 10.1. The molecule has 0 fully saturated rings. The summed E-state index contributed by atoms with van der Waals surface area (Å²) in [6.07, 6.45) is 0. The van der Waals surface area contributed by atoms with Crippen molar-refractivity contribution in [1.29, 1.82) is 0 Å². The van der Waals surface area contributed by atoms with Crippen molar-refractivity contribution in [3.63, 3.8) is 0 Å². The van der Waals surface area contributed by atoms with Gasteiger partial charge in [-0.3, -0.25) is 0 Å². The van der Waals surface area contributed by atoms with E-state index in [2.05, 4.69) is 43.1 Å². The average Bonchev–Trinajstić information content (AvgIpc) is 2.61. The minimum absolute atomic E-state index is 0.725. The number of ether oxygens (including phenoxy) is 1. The Morgan fingerprint density at radius 3 is 2.33 bits per heavy atom. The second kappa shape index (κ2) is 4.03. The number of thiazole rings is 1. The first-order chi connectivity index (χ1) is 7.20. The van der Waals surface area contributed by atoms with E-state index in [-0.39, 0.29) is 0 Å². The molecule has 15 heavy (non-hydrogen) atoms. The number of aryl methyl sites for hydroxylation is 2. The van der Waals surface area contributed by atoms with E-state index in [1.807, 2.05) is 0 Å². The Balaban J connectivity index is 2.44. The maximum absolute atomic E-state index is 5.13. The van der Waals surface area contributed by atoms with Crippen LogP contribution in [0.2, 0.25) is 0 Å². The fraction of sp³-hybridized carbons (Fsp3) is 0.250. The van der Waals surface area contributed by atoms with E-state index in [9.17, 15) is 0 Å². The summed E-state index contributed by atoms with van der Waals surface area (Å²) in [4.78, 5) is 5.61. The van der Waals surface area contributed by atoms with Gasteiger partial charge >= 0.3 is 0 Å². The predicted octanol–water partition coefficient (Wildman–Crippen LogP) is 3.44. The molecule has 0 saturated carbocycles. The van der Waals surface area contributed by atoms with Crippen LogP contribution < -0.4 is 4.74 Å². The zero-order chi connectivity index (χ0) is 10.8. The molecule has 0 aliphatic heterocycles. The van der Waals surface area contributed by atoms with E-state index in [1.165, 1.54) is 10.4 Å². The van der Waals surface area contributed by atoms with Gasteiger partial charge in [-0.1, -0.05) is 41.2 Å². The van der Waals surface area contributed by atoms with Crippen LogP contribution >= 0.6 is 11.3 Å². The summed E-state index contributed by atoms with van der Waals surface area (Å²) >= 11 is 1.58. The Kier molecular flexibility index (Phi) is 2.73. The lowest BCUT2D eigenvalue weighted by Gasteiger charge is -1.98. The molecule has 0 atom stereocenters. The minimum atomic E-state index is 0.725. The van der Waals surface area contributed by atoms with Gasteiger partial charge in [-0.15, -0.1) is 0 Å². The van der Waals surface area contributed by atoms with Gasteiger partial charge in [0.15, 0.2) is 0 Å². The zero-order valence-corrected chi connectivity index (χ0v) is 9.89. The van der Waals surface area contributed by atoms with Crippen LogP contribution in [-0.4, -0.2) is 12.1 Å². The summed E-state index contributed by atoms with van der Waals surface area (Å²) < 4.78 is 5.13. The van der Waals surface area contributed by atoms with E-state index in [1.54, 1.807) is 18.4 Å². The maximum atomic E-state index is 5.13. The van der Waals surface area contributed by atoms with Crippen molar-refractivity contribution in [3.8, 4) is 16.5 Å². The van der Waals surface area contributed by atoms with Crippen LogP contribution in [-0.2, 0) is 0 Å². The number of methoxy groups -OCH3 is 1. The van der Waals surface area contributed by atoms with Gasteiger partial charge in [0.2, 0.25) is 0 Å². The van der Waals surface area contributed by atoms with E-state index < -0.39 is 0 Å². The first-order valence-corrected chi connectivity index (χ1v) is 5.61. The number of nitrogens with zero attached hydrogens (tertiary/aromatic N) is 1. The van der Waals surface area contributed by atoms with Crippen LogP contribution in [0.15, 0.2) is 24.3 Å². The van der Waals surface area contributed by atoms with Crippen LogP contribution in [0, 0.1) is 13.8 Å². The van der Waals surface area contributed by atoms with Gasteiger partial charge in [-0.25, -0.2) is 4.98 Å². The third-order valence-electron chi connectivity index (χ3n) is 2.28. The molecule has 1 aromatic heterocycles. The summed E-state index contributed by atoms with van der Waals surface area (Å²) in [6.45, 7) is 4.15. The summed E-state index contributed by atoms with van der Waals surface area (Å²) in [5.74, 6) is 0. The van der Waals surface area contributed by atoms with Gasteiger partial charge in [0.25, 0.3) is 5.19 Å². The van der Waals surface area contributed by atoms with Crippen molar-refractivity contribution >= 4 is 11.3 Å². The maximum Gasteiger partial charge on any atom is 0.273 e. The second-order valence-electron chi connectivity index (χ2n) is 3.45. The number of benzene rings is 1. The van der Waals surface area contributed by atoms with E-state index in [0.717, 1.165) is 16.5 Å². The molecule has 0 bridgehead atoms. The second-order valence-corrected chi connectivity index (χ2v) is 4.62. The predicted molar refractivity (Wildman–Crippen MR) is 63.6 cm³/mol. The quantitative estimate of drug-likeness (QED) is 0.772. The van der Waals surface area contributed by atoms with Gasteiger partial charge in [0, 0.05) is 10.4 Å². The highest BCUT2D eigenvalue weighted by Crippen LogP contribution is 2.31. The molecule has 0 amide bonds. The molecule has 0 aliphatic rings. The molecule has 0 saturated heterocycles. The highest BCUT2D eigenvalue weighted by Gasteiger charge is 2.09. The largest absolute Gasteiger partial charge is 0.473 e. The Morgan fingerprint density at radius 2 is 1.80 bits per heavy atom. The molecule has 0 spiro atoms. The molecule has 1 heterocycles. The standard InChI is InChI=1S/C12H13NOS/c1-8-4-6-10(7-5-8)11-9(2)15-12(13-11)14-3/h4-7H,1-3H3. The smallest absolute Gasteiger partial charge is 0.273 e. The van der Waals surface area contributed by atoms with Crippen molar-refractivity contribution in [2.24, 2.45) is 0 Å². The third kappa shape index (κ3) is 2.02. The van der Waals surface area contributed by atoms with Crippen molar-refractivity contribution in [1.82, 2.24) is 4.98 Å². The number of rotatable bonds is 2. The van der Waals surface area contributed by atoms with Crippen LogP contribution in [0.3, 0.4) is 0 Å². The van der Waals surface area contributed by atoms with Gasteiger partial charge in [0.05, 0.1) is 12.8 Å². The van der Waals surface area contributed by atoms with E-state index in [4.69, 9.17) is 4.74 Å². The summed E-state index contributed by atoms with van der Waals surface area (Å²) in [6, 6.07) is 8.38. The summed E-state index contributed by atoms with van der Waals surface area (Å²) in [7, 11) is 1.65. The SMILES string of the molecule is COc1nc(-c2ccc(C)cc2)c(C)s1. The molecule has 78 valence electrons. The number of hydrogen-bond donors (Lipinski definition) is 0. The fourth-order valence-corrected chi connectivity index (χ4v) is 2.18. The number of aromatic nitrogens is 1. The lowest BCUT2D eigenvalue weighted by Crippen LogP contribution is -1.83. The molecule has 2 rings (SSSR count). The fourth-order valence-electron chi connectivity index (χ4n) is 1.44. The van der Waals surface area contributed by atoms with Gasteiger partial charge in [0.1, 0.15) is 0 Å². The topological polar surface area (TPSA) is 22.1 Å². The van der Waals surface area contributed by atoms with Gasteiger partial charge in [-0.2, -0.15) is 0 Å². The molecule has 0 radical (unpaired) electrons. The van der Waals surface area contributed by atoms with Gasteiger partial charge < -0.3 is 4.74 Å². The normalized spacial score (nSPS) is 10.3. The highest BCUT2D eigenvalue weighted by atomic mass is 32.1. The summed E-state index contributed by atoms with van der Waals surface area (Å²) in [5.41, 5.74) is 3.44. The van der Waals surface area contributed by atoms with Crippen molar-refractivity contribution in [3.05, 3.63) is 34.7 Å². The van der Waals surface area contributed by atoms with Crippen molar-refractivity contribution in [2.75, 3.05) is 7.11 Å². The molecule has 2 nitrogen and oxygen atoms in total. The Bertz CT molecular complexity index is 459. The summed E-state index contributed by atoms with van der Waals surface area (Å²) in [5, 5.41) is 0.725. The molecular formula is C12H13NOS. The molecule has 0 unspecified atom stereocenters. The Hall–Kier alpha value is -1.35. The molecule has 3 heteroatoms. The van der Waals surface area contributed by atoms with Crippen LogP contribution in [0.5, 0.6) is 5.19 Å². The number of hydrogen-bond acceptors (Lipinski definition) is 3. The Labute approximate surface area is 93.6 Å². The van der Waals surface area contributed by atoms with Gasteiger partial charge in [-0.05, 0) is 13.8 Å².